The van der Waals surface area contributed by atoms with Crippen LogP contribution in [0, 0.1) is 5.92 Å². The molecular weight excluding hydrogens is 218 g/mol. The van der Waals surface area contributed by atoms with Gasteiger partial charge in [0.2, 0.25) is 5.89 Å². The van der Waals surface area contributed by atoms with Gasteiger partial charge >= 0.3 is 0 Å². The molecule has 2 unspecified atom stereocenters. The first-order chi connectivity index (χ1) is 8.24. The third kappa shape index (κ3) is 3.26. The summed E-state index contributed by atoms with van der Waals surface area (Å²) in [4.78, 5) is 4.38. The van der Waals surface area contributed by atoms with Crippen LogP contribution in [0.25, 0.3) is 0 Å². The second kappa shape index (κ2) is 5.60. The second-order valence-corrected chi connectivity index (χ2v) is 4.58. The van der Waals surface area contributed by atoms with Crippen LogP contribution in [0.4, 0.5) is 0 Å². The van der Waals surface area contributed by atoms with Gasteiger partial charge < -0.3 is 14.6 Å². The van der Waals surface area contributed by atoms with Crippen LogP contribution in [0.1, 0.15) is 44.5 Å². The SMILES string of the molecule is CCOC(C)c1noc(CC(NC)C2CC2)n1. The maximum absolute atomic E-state index is 5.43. The lowest BCUT2D eigenvalue weighted by atomic mass is 10.1. The number of nitrogens with one attached hydrogen (secondary N) is 1. The largest absolute Gasteiger partial charge is 0.371 e. The van der Waals surface area contributed by atoms with Gasteiger partial charge in [0.25, 0.3) is 0 Å². The molecule has 0 saturated heterocycles. The summed E-state index contributed by atoms with van der Waals surface area (Å²) >= 11 is 0. The molecule has 0 amide bonds. The number of ether oxygens (including phenoxy) is 1. The van der Waals surface area contributed by atoms with Gasteiger partial charge in [-0.1, -0.05) is 5.16 Å². The van der Waals surface area contributed by atoms with E-state index in [1.807, 2.05) is 20.9 Å². The molecule has 0 bridgehead atoms. The molecule has 1 N–H and O–H groups in total. The predicted octanol–water partition coefficient (Wildman–Crippen LogP) is 1.71. The van der Waals surface area contributed by atoms with Crippen LogP contribution in [-0.2, 0) is 11.2 Å². The minimum atomic E-state index is -0.0912. The molecule has 0 aliphatic heterocycles. The Labute approximate surface area is 102 Å². The number of rotatable bonds is 7. The van der Waals surface area contributed by atoms with Gasteiger partial charge in [0, 0.05) is 19.1 Å². The van der Waals surface area contributed by atoms with E-state index in [4.69, 9.17) is 9.26 Å². The zero-order valence-electron chi connectivity index (χ0n) is 10.8. The summed E-state index contributed by atoms with van der Waals surface area (Å²) < 4.78 is 10.7. The second-order valence-electron chi connectivity index (χ2n) is 4.58. The molecule has 1 heterocycles. The summed E-state index contributed by atoms with van der Waals surface area (Å²) in [7, 11) is 1.99. The third-order valence-electron chi connectivity index (χ3n) is 3.22. The Bertz CT molecular complexity index is 349. The molecule has 0 spiro atoms. The Balaban J connectivity index is 1.92. The van der Waals surface area contributed by atoms with E-state index in [9.17, 15) is 0 Å². The first-order valence-electron chi connectivity index (χ1n) is 6.36. The van der Waals surface area contributed by atoms with E-state index >= 15 is 0 Å². The minimum Gasteiger partial charge on any atom is -0.371 e. The minimum absolute atomic E-state index is 0.0912. The number of hydrogen-bond acceptors (Lipinski definition) is 5. The van der Waals surface area contributed by atoms with E-state index in [1.54, 1.807) is 0 Å². The molecule has 1 aromatic rings. The van der Waals surface area contributed by atoms with Crippen molar-refractivity contribution in [2.45, 2.75) is 45.3 Å². The van der Waals surface area contributed by atoms with E-state index in [0.717, 1.165) is 12.3 Å². The van der Waals surface area contributed by atoms with Crippen LogP contribution in [0.5, 0.6) is 0 Å². The van der Waals surface area contributed by atoms with E-state index in [-0.39, 0.29) is 6.10 Å². The Hall–Kier alpha value is -0.940. The molecule has 1 aromatic heterocycles. The summed E-state index contributed by atoms with van der Waals surface area (Å²) in [5.41, 5.74) is 0. The number of aromatic nitrogens is 2. The van der Waals surface area contributed by atoms with Gasteiger partial charge in [0.1, 0.15) is 6.10 Å². The van der Waals surface area contributed by atoms with Crippen molar-refractivity contribution < 1.29 is 9.26 Å². The highest BCUT2D eigenvalue weighted by Gasteiger charge is 2.31. The summed E-state index contributed by atoms with van der Waals surface area (Å²) in [6, 6.07) is 0.464. The van der Waals surface area contributed by atoms with Crippen molar-refractivity contribution in [1.29, 1.82) is 0 Å². The Morgan fingerprint density at radius 1 is 1.53 bits per heavy atom. The quantitative estimate of drug-likeness (QED) is 0.785. The van der Waals surface area contributed by atoms with Crippen molar-refractivity contribution in [3.8, 4) is 0 Å². The number of nitrogens with zero attached hydrogens (tertiary/aromatic N) is 2. The van der Waals surface area contributed by atoms with Crippen molar-refractivity contribution in [3.63, 3.8) is 0 Å². The van der Waals surface area contributed by atoms with Gasteiger partial charge in [0.05, 0.1) is 0 Å². The van der Waals surface area contributed by atoms with Crippen molar-refractivity contribution in [1.82, 2.24) is 15.5 Å². The highest BCUT2D eigenvalue weighted by molar-refractivity contribution is 4.96. The average Bonchev–Trinajstić information content (AvgIpc) is 3.05. The fourth-order valence-corrected chi connectivity index (χ4v) is 2.03. The molecule has 96 valence electrons. The van der Waals surface area contributed by atoms with Gasteiger partial charge in [-0.05, 0) is 39.7 Å². The van der Waals surface area contributed by atoms with Crippen LogP contribution in [-0.4, -0.2) is 29.8 Å². The van der Waals surface area contributed by atoms with Gasteiger partial charge in [-0.25, -0.2) is 0 Å². The predicted molar refractivity (Wildman–Crippen MR) is 63.6 cm³/mol. The Morgan fingerprint density at radius 2 is 2.29 bits per heavy atom. The van der Waals surface area contributed by atoms with E-state index < -0.39 is 0 Å². The summed E-state index contributed by atoms with van der Waals surface area (Å²) in [5.74, 6) is 2.13. The Morgan fingerprint density at radius 3 is 2.88 bits per heavy atom. The standard InChI is InChI=1S/C12H21N3O2/c1-4-16-8(2)12-14-11(17-15-12)7-10(13-3)9-5-6-9/h8-10,13H,4-7H2,1-3H3. The highest BCUT2D eigenvalue weighted by atomic mass is 16.5. The zero-order chi connectivity index (χ0) is 12.3. The fraction of sp³-hybridized carbons (Fsp3) is 0.833. The van der Waals surface area contributed by atoms with Gasteiger partial charge in [-0.15, -0.1) is 0 Å². The monoisotopic (exact) mass is 239 g/mol. The van der Waals surface area contributed by atoms with Gasteiger partial charge in [-0.3, -0.25) is 0 Å². The lowest BCUT2D eigenvalue weighted by Gasteiger charge is -2.11. The normalized spacial score (nSPS) is 19.2. The maximum atomic E-state index is 5.43. The molecule has 1 saturated carbocycles. The number of hydrogen-bond donors (Lipinski definition) is 1. The third-order valence-corrected chi connectivity index (χ3v) is 3.22. The topological polar surface area (TPSA) is 60.2 Å². The molecule has 2 rings (SSSR count). The van der Waals surface area contributed by atoms with Crippen molar-refractivity contribution >= 4 is 0 Å². The lowest BCUT2D eigenvalue weighted by Crippen LogP contribution is -2.29. The van der Waals surface area contributed by atoms with Crippen molar-refractivity contribution in [2.75, 3.05) is 13.7 Å². The number of likely N-dealkylation sites (N-methyl/N-ethyl adjacent to an activating group) is 1. The van der Waals surface area contributed by atoms with E-state index in [1.165, 1.54) is 12.8 Å². The molecule has 0 aromatic carbocycles. The fourth-order valence-electron chi connectivity index (χ4n) is 2.03. The summed E-state index contributed by atoms with van der Waals surface area (Å²) in [6.07, 6.45) is 3.34. The molecular formula is C12H21N3O2. The first-order valence-corrected chi connectivity index (χ1v) is 6.36. The van der Waals surface area contributed by atoms with Crippen LogP contribution in [0.3, 0.4) is 0 Å². The zero-order valence-corrected chi connectivity index (χ0v) is 10.8. The molecule has 2 atom stereocenters. The molecule has 0 radical (unpaired) electrons. The molecule has 1 aliphatic carbocycles. The Kier molecular flexibility index (Phi) is 4.12. The van der Waals surface area contributed by atoms with Crippen LogP contribution in [0.15, 0.2) is 4.52 Å². The van der Waals surface area contributed by atoms with Crippen LogP contribution >= 0.6 is 0 Å². The van der Waals surface area contributed by atoms with Crippen molar-refractivity contribution in [2.24, 2.45) is 5.92 Å². The van der Waals surface area contributed by atoms with Crippen LogP contribution < -0.4 is 5.32 Å². The van der Waals surface area contributed by atoms with Gasteiger partial charge in [-0.2, -0.15) is 4.98 Å². The van der Waals surface area contributed by atoms with Crippen LogP contribution in [0.2, 0.25) is 0 Å². The van der Waals surface area contributed by atoms with Crippen molar-refractivity contribution in [3.05, 3.63) is 11.7 Å². The van der Waals surface area contributed by atoms with Gasteiger partial charge in [0.15, 0.2) is 5.82 Å². The summed E-state index contributed by atoms with van der Waals surface area (Å²) in [5, 5.41) is 7.28. The summed E-state index contributed by atoms with van der Waals surface area (Å²) in [6.45, 7) is 4.56. The molecule has 5 nitrogen and oxygen atoms in total. The molecule has 17 heavy (non-hydrogen) atoms. The highest BCUT2D eigenvalue weighted by Crippen LogP contribution is 2.33. The van der Waals surface area contributed by atoms with E-state index in [2.05, 4.69) is 15.5 Å². The average molecular weight is 239 g/mol. The van der Waals surface area contributed by atoms with E-state index in [0.29, 0.717) is 24.4 Å². The molecule has 1 aliphatic rings. The molecule has 5 heteroatoms. The molecule has 1 fully saturated rings. The lowest BCUT2D eigenvalue weighted by molar-refractivity contribution is 0.0683. The first kappa shape index (κ1) is 12.5. The smallest absolute Gasteiger partial charge is 0.228 e. The maximum Gasteiger partial charge on any atom is 0.228 e.